The van der Waals surface area contributed by atoms with Gasteiger partial charge in [0.05, 0.1) is 25.0 Å². The maximum Gasteiger partial charge on any atom is 0.339 e. The first-order valence-electron chi connectivity index (χ1n) is 8.13. The van der Waals surface area contributed by atoms with Crippen LogP contribution in [0, 0.1) is 11.6 Å². The van der Waals surface area contributed by atoms with Crippen LogP contribution in [-0.4, -0.2) is 31.7 Å². The number of ether oxygens (including phenoxy) is 3. The standard InChI is InChI=1S/C19H19F2NO5/c1-4-26-16-8-5-12(9-17(16)25-3)19(24)27-11(2)18(23)22-15-10-13(20)6-7-14(15)21/h5-11H,4H2,1-3H3,(H,22,23)/t11-/m1/s1. The Kier molecular flexibility index (Phi) is 6.70. The number of hydrogen-bond acceptors (Lipinski definition) is 5. The highest BCUT2D eigenvalue weighted by molar-refractivity contribution is 5.97. The van der Waals surface area contributed by atoms with Crippen LogP contribution in [0.4, 0.5) is 14.5 Å². The summed E-state index contributed by atoms with van der Waals surface area (Å²) < 4.78 is 42.3. The molecule has 0 saturated carbocycles. The number of amides is 1. The molecule has 0 aliphatic carbocycles. The predicted molar refractivity (Wildman–Crippen MR) is 94.0 cm³/mol. The summed E-state index contributed by atoms with van der Waals surface area (Å²) in [5.74, 6) is -2.30. The third-order valence-corrected chi connectivity index (χ3v) is 3.54. The number of rotatable bonds is 7. The summed E-state index contributed by atoms with van der Waals surface area (Å²) in [6, 6.07) is 7.07. The van der Waals surface area contributed by atoms with Crippen molar-refractivity contribution < 1.29 is 32.6 Å². The van der Waals surface area contributed by atoms with Gasteiger partial charge in [-0.25, -0.2) is 13.6 Å². The van der Waals surface area contributed by atoms with Crippen LogP contribution in [0.2, 0.25) is 0 Å². The van der Waals surface area contributed by atoms with E-state index in [-0.39, 0.29) is 11.3 Å². The monoisotopic (exact) mass is 379 g/mol. The zero-order valence-electron chi connectivity index (χ0n) is 15.0. The first-order chi connectivity index (χ1) is 12.8. The molecular weight excluding hydrogens is 360 g/mol. The number of anilines is 1. The van der Waals surface area contributed by atoms with Crippen molar-refractivity contribution in [1.29, 1.82) is 0 Å². The quantitative estimate of drug-likeness (QED) is 0.745. The van der Waals surface area contributed by atoms with Gasteiger partial charge in [-0.1, -0.05) is 0 Å². The Morgan fingerprint density at radius 1 is 1.11 bits per heavy atom. The molecule has 0 saturated heterocycles. The van der Waals surface area contributed by atoms with Gasteiger partial charge in [-0.15, -0.1) is 0 Å². The van der Waals surface area contributed by atoms with E-state index in [4.69, 9.17) is 14.2 Å². The SMILES string of the molecule is CCOc1ccc(C(=O)O[C@H](C)C(=O)Nc2cc(F)ccc2F)cc1OC. The molecule has 0 radical (unpaired) electrons. The molecule has 0 unspecified atom stereocenters. The van der Waals surface area contributed by atoms with Gasteiger partial charge >= 0.3 is 5.97 Å². The first kappa shape index (κ1) is 20.2. The van der Waals surface area contributed by atoms with Crippen molar-refractivity contribution in [1.82, 2.24) is 0 Å². The van der Waals surface area contributed by atoms with E-state index in [0.717, 1.165) is 18.2 Å². The van der Waals surface area contributed by atoms with Crippen LogP contribution < -0.4 is 14.8 Å². The van der Waals surface area contributed by atoms with Gasteiger partial charge in [0, 0.05) is 6.07 Å². The molecule has 1 atom stereocenters. The first-order valence-corrected chi connectivity index (χ1v) is 8.13. The lowest BCUT2D eigenvalue weighted by atomic mass is 10.2. The van der Waals surface area contributed by atoms with Gasteiger partial charge in [0.15, 0.2) is 17.6 Å². The summed E-state index contributed by atoms with van der Waals surface area (Å²) in [7, 11) is 1.43. The molecule has 1 N–H and O–H groups in total. The molecule has 0 spiro atoms. The van der Waals surface area contributed by atoms with Crippen molar-refractivity contribution in [3.05, 3.63) is 53.6 Å². The van der Waals surface area contributed by atoms with Crippen molar-refractivity contribution in [3.8, 4) is 11.5 Å². The molecule has 0 aromatic heterocycles. The van der Waals surface area contributed by atoms with E-state index in [1.54, 1.807) is 6.07 Å². The Morgan fingerprint density at radius 3 is 2.52 bits per heavy atom. The van der Waals surface area contributed by atoms with E-state index in [1.165, 1.54) is 26.2 Å². The summed E-state index contributed by atoms with van der Waals surface area (Å²) in [6.07, 6.45) is -1.24. The molecule has 0 fully saturated rings. The molecule has 2 rings (SSSR count). The molecule has 8 heteroatoms. The Balaban J connectivity index is 2.06. The van der Waals surface area contributed by atoms with Crippen LogP contribution in [0.3, 0.4) is 0 Å². The van der Waals surface area contributed by atoms with E-state index in [1.807, 2.05) is 6.92 Å². The number of nitrogens with one attached hydrogen (secondary N) is 1. The minimum atomic E-state index is -1.24. The second-order valence-corrected chi connectivity index (χ2v) is 5.46. The lowest BCUT2D eigenvalue weighted by Crippen LogP contribution is -2.30. The average molecular weight is 379 g/mol. The van der Waals surface area contributed by atoms with Gasteiger partial charge in [0.2, 0.25) is 0 Å². The van der Waals surface area contributed by atoms with Crippen molar-refractivity contribution >= 4 is 17.6 Å². The fraction of sp³-hybridized carbons (Fsp3) is 0.263. The van der Waals surface area contributed by atoms with Crippen LogP contribution >= 0.6 is 0 Å². The smallest absolute Gasteiger partial charge is 0.339 e. The molecule has 27 heavy (non-hydrogen) atoms. The molecule has 2 aromatic carbocycles. The third-order valence-electron chi connectivity index (χ3n) is 3.54. The number of halogens is 2. The van der Waals surface area contributed by atoms with E-state index in [9.17, 15) is 18.4 Å². The normalized spacial score (nSPS) is 11.4. The minimum Gasteiger partial charge on any atom is -0.493 e. The van der Waals surface area contributed by atoms with Crippen molar-refractivity contribution in [3.63, 3.8) is 0 Å². The molecule has 0 aliphatic rings. The van der Waals surface area contributed by atoms with Crippen molar-refractivity contribution in [2.75, 3.05) is 19.0 Å². The minimum absolute atomic E-state index is 0.145. The number of benzene rings is 2. The zero-order valence-corrected chi connectivity index (χ0v) is 15.0. The van der Waals surface area contributed by atoms with Crippen LogP contribution in [0.25, 0.3) is 0 Å². The highest BCUT2D eigenvalue weighted by Gasteiger charge is 2.21. The zero-order chi connectivity index (χ0) is 20.0. The van der Waals surface area contributed by atoms with Gasteiger partial charge in [-0.05, 0) is 44.2 Å². The molecule has 1 amide bonds. The summed E-state index contributed by atoms with van der Waals surface area (Å²) in [5.41, 5.74) is -0.197. The Labute approximate surface area is 155 Å². The van der Waals surface area contributed by atoms with E-state index < -0.39 is 29.6 Å². The van der Waals surface area contributed by atoms with E-state index in [0.29, 0.717) is 18.1 Å². The Hall–Kier alpha value is -3.16. The number of hydrogen-bond donors (Lipinski definition) is 1. The maximum absolute atomic E-state index is 13.6. The third kappa shape index (κ3) is 5.16. The van der Waals surface area contributed by atoms with Crippen LogP contribution in [0.5, 0.6) is 11.5 Å². The van der Waals surface area contributed by atoms with Crippen molar-refractivity contribution in [2.24, 2.45) is 0 Å². The fourth-order valence-electron chi connectivity index (χ4n) is 2.18. The van der Waals surface area contributed by atoms with Crippen molar-refractivity contribution in [2.45, 2.75) is 20.0 Å². The van der Waals surface area contributed by atoms with Crippen LogP contribution in [0.15, 0.2) is 36.4 Å². The molecule has 6 nitrogen and oxygen atoms in total. The summed E-state index contributed by atoms with van der Waals surface area (Å²) in [5, 5.41) is 2.18. The van der Waals surface area contributed by atoms with Crippen LogP contribution in [0.1, 0.15) is 24.2 Å². The Bertz CT molecular complexity index is 841. The largest absolute Gasteiger partial charge is 0.493 e. The number of esters is 1. The predicted octanol–water partition coefficient (Wildman–Crippen LogP) is 3.56. The molecule has 144 valence electrons. The fourth-order valence-corrected chi connectivity index (χ4v) is 2.18. The van der Waals surface area contributed by atoms with E-state index >= 15 is 0 Å². The van der Waals surface area contributed by atoms with Gasteiger partial charge in [-0.3, -0.25) is 4.79 Å². The summed E-state index contributed by atoms with van der Waals surface area (Å²) in [6.45, 7) is 3.55. The van der Waals surface area contributed by atoms with E-state index in [2.05, 4.69) is 5.32 Å². The molecular formula is C19H19F2NO5. The highest BCUT2D eigenvalue weighted by atomic mass is 19.1. The topological polar surface area (TPSA) is 73.9 Å². The number of methoxy groups -OCH3 is 1. The maximum atomic E-state index is 13.6. The molecule has 0 bridgehead atoms. The van der Waals surface area contributed by atoms with Gasteiger partial charge in [0.1, 0.15) is 11.6 Å². The molecule has 0 aliphatic heterocycles. The lowest BCUT2D eigenvalue weighted by Gasteiger charge is -2.15. The molecule has 2 aromatic rings. The summed E-state index contributed by atoms with van der Waals surface area (Å²) >= 11 is 0. The lowest BCUT2D eigenvalue weighted by molar-refractivity contribution is -0.123. The summed E-state index contributed by atoms with van der Waals surface area (Å²) in [4.78, 5) is 24.3. The van der Waals surface area contributed by atoms with Gasteiger partial charge in [0.25, 0.3) is 5.91 Å². The van der Waals surface area contributed by atoms with Gasteiger partial charge in [-0.2, -0.15) is 0 Å². The number of carbonyl (C=O) groups is 2. The van der Waals surface area contributed by atoms with Crippen LogP contribution in [-0.2, 0) is 9.53 Å². The van der Waals surface area contributed by atoms with Gasteiger partial charge < -0.3 is 19.5 Å². The number of carbonyl (C=O) groups excluding carboxylic acids is 2. The highest BCUT2D eigenvalue weighted by Crippen LogP contribution is 2.28. The average Bonchev–Trinajstić information content (AvgIpc) is 2.65. The molecule has 0 heterocycles. The Morgan fingerprint density at radius 2 is 1.85 bits per heavy atom. The second kappa shape index (κ2) is 8.98. The second-order valence-electron chi connectivity index (χ2n) is 5.46.